The lowest BCUT2D eigenvalue weighted by Crippen LogP contribution is -2.44. The van der Waals surface area contributed by atoms with Crippen LogP contribution in [0.3, 0.4) is 0 Å². The van der Waals surface area contributed by atoms with Crippen molar-refractivity contribution in [1.82, 2.24) is 4.90 Å². The molecule has 0 spiro atoms. The number of benzene rings is 3. The number of carbonyl (C=O) groups is 3. The summed E-state index contributed by atoms with van der Waals surface area (Å²) in [5.41, 5.74) is 2.61. The topological polar surface area (TPSA) is 66.9 Å². The van der Waals surface area contributed by atoms with Crippen molar-refractivity contribution in [2.75, 3.05) is 12.0 Å². The maximum Gasteiger partial charge on any atom is 0.240 e. The highest BCUT2D eigenvalue weighted by Crippen LogP contribution is 2.54. The van der Waals surface area contributed by atoms with E-state index in [1.807, 2.05) is 41.4 Å². The summed E-state index contributed by atoms with van der Waals surface area (Å²) in [6.45, 7) is 0. The highest BCUT2D eigenvalue weighted by atomic mass is 35.5. The van der Waals surface area contributed by atoms with E-state index in [-0.39, 0.29) is 11.7 Å². The average molecular weight is 519 g/mol. The van der Waals surface area contributed by atoms with E-state index in [9.17, 15) is 14.4 Å². The van der Waals surface area contributed by atoms with Crippen molar-refractivity contribution in [2.24, 2.45) is 11.8 Å². The molecule has 0 N–H and O–H groups in total. The van der Waals surface area contributed by atoms with Crippen LogP contribution >= 0.6 is 23.2 Å². The Labute approximate surface area is 217 Å². The zero-order chi connectivity index (χ0) is 25.1. The number of anilines is 1. The number of rotatable bonds is 4. The fourth-order valence-corrected chi connectivity index (χ4v) is 6.22. The number of fused-ring (bicyclic) bond motifs is 5. The molecule has 6 rings (SSSR count). The Morgan fingerprint density at radius 1 is 0.889 bits per heavy atom. The molecule has 3 aliphatic heterocycles. The number of Topliss-reactive ketones (excluding diaryl/α,β-unsaturated/α-hetero) is 1. The third kappa shape index (κ3) is 3.36. The number of amides is 2. The van der Waals surface area contributed by atoms with Crippen LogP contribution in [0.5, 0.6) is 5.75 Å². The highest BCUT2D eigenvalue weighted by Gasteiger charge is 2.64. The molecule has 3 heterocycles. The summed E-state index contributed by atoms with van der Waals surface area (Å²) in [6.07, 6.45) is 3.75. The zero-order valence-electron chi connectivity index (χ0n) is 19.1. The van der Waals surface area contributed by atoms with Gasteiger partial charge in [0.1, 0.15) is 11.8 Å². The van der Waals surface area contributed by atoms with Crippen LogP contribution in [0.1, 0.15) is 27.5 Å². The number of hydrogen-bond acceptors (Lipinski definition) is 5. The van der Waals surface area contributed by atoms with Gasteiger partial charge in [0.15, 0.2) is 5.78 Å². The van der Waals surface area contributed by atoms with E-state index < -0.39 is 29.8 Å². The molecule has 2 amide bonds. The zero-order valence-corrected chi connectivity index (χ0v) is 20.6. The first-order chi connectivity index (χ1) is 17.4. The van der Waals surface area contributed by atoms with Crippen LogP contribution in [0.2, 0.25) is 10.0 Å². The van der Waals surface area contributed by atoms with Crippen molar-refractivity contribution in [3.8, 4) is 5.75 Å². The van der Waals surface area contributed by atoms with Gasteiger partial charge in [0.05, 0.1) is 30.7 Å². The fraction of sp³-hybridized carbons (Fsp3) is 0.179. The summed E-state index contributed by atoms with van der Waals surface area (Å²) >= 11 is 12.4. The van der Waals surface area contributed by atoms with Gasteiger partial charge in [-0.15, -0.1) is 0 Å². The van der Waals surface area contributed by atoms with Gasteiger partial charge in [-0.25, -0.2) is 4.90 Å². The fourth-order valence-electron chi connectivity index (χ4n) is 5.71. The number of methoxy groups -OCH3 is 1. The van der Waals surface area contributed by atoms with E-state index in [4.69, 9.17) is 27.9 Å². The standard InChI is InChI=1S/C28H20Cl2N2O4/c1-36-20-8-6-16(7-9-20)26(33)25-23-22(24-21-5-3-2-4-15(21)10-11-31(24)25)27(34)32(28(23)35)19-13-17(29)12-18(30)14-19/h2-14,22-25H,1H3. The highest BCUT2D eigenvalue weighted by molar-refractivity contribution is 6.36. The van der Waals surface area contributed by atoms with E-state index in [1.54, 1.807) is 37.4 Å². The van der Waals surface area contributed by atoms with Gasteiger partial charge in [-0.2, -0.15) is 0 Å². The van der Waals surface area contributed by atoms with E-state index in [0.717, 1.165) is 16.0 Å². The minimum atomic E-state index is -0.870. The van der Waals surface area contributed by atoms with Crippen LogP contribution < -0.4 is 9.64 Å². The first-order valence-corrected chi connectivity index (χ1v) is 12.2. The van der Waals surface area contributed by atoms with Gasteiger partial charge in [-0.1, -0.05) is 47.5 Å². The Morgan fingerprint density at radius 2 is 1.56 bits per heavy atom. The first kappa shape index (κ1) is 22.8. The van der Waals surface area contributed by atoms with Gasteiger partial charge in [0.25, 0.3) is 0 Å². The van der Waals surface area contributed by atoms with Crippen LogP contribution in [-0.2, 0) is 9.59 Å². The molecule has 2 fully saturated rings. The Balaban J connectivity index is 1.49. The van der Waals surface area contributed by atoms with Crippen LogP contribution in [0.4, 0.5) is 5.69 Å². The van der Waals surface area contributed by atoms with Crippen LogP contribution in [-0.4, -0.2) is 35.6 Å². The van der Waals surface area contributed by atoms with E-state index >= 15 is 0 Å². The molecule has 6 nitrogen and oxygen atoms in total. The Bertz CT molecular complexity index is 1430. The predicted octanol–water partition coefficient (Wildman–Crippen LogP) is 5.40. The molecular formula is C28H20Cl2N2O4. The van der Waals surface area contributed by atoms with Crippen LogP contribution in [0.15, 0.2) is 72.9 Å². The summed E-state index contributed by atoms with van der Waals surface area (Å²) in [7, 11) is 1.55. The lowest BCUT2D eigenvalue weighted by molar-refractivity contribution is -0.123. The van der Waals surface area contributed by atoms with Crippen molar-refractivity contribution in [3.63, 3.8) is 0 Å². The Kier molecular flexibility index (Phi) is 5.39. The van der Waals surface area contributed by atoms with E-state index in [1.165, 1.54) is 12.1 Å². The Morgan fingerprint density at radius 3 is 2.25 bits per heavy atom. The van der Waals surface area contributed by atoms with Crippen molar-refractivity contribution in [3.05, 3.63) is 99.7 Å². The molecule has 0 saturated carbocycles. The van der Waals surface area contributed by atoms with Gasteiger partial charge in [-0.05, 0) is 59.7 Å². The molecule has 3 aromatic rings. The lowest BCUT2D eigenvalue weighted by Gasteiger charge is -2.35. The summed E-state index contributed by atoms with van der Waals surface area (Å²) < 4.78 is 5.22. The van der Waals surface area contributed by atoms with Gasteiger partial charge in [0, 0.05) is 21.8 Å². The summed E-state index contributed by atoms with van der Waals surface area (Å²) in [4.78, 5) is 44.8. The number of nitrogens with zero attached hydrogens (tertiary/aromatic N) is 2. The molecule has 0 aliphatic carbocycles. The number of ketones is 1. The largest absolute Gasteiger partial charge is 0.497 e. The van der Waals surface area contributed by atoms with Gasteiger partial charge in [0.2, 0.25) is 11.8 Å². The number of halogens is 2. The molecule has 0 aromatic heterocycles. The molecule has 4 atom stereocenters. The SMILES string of the molecule is COc1ccc(C(=O)C2C3C(=O)N(c4cc(Cl)cc(Cl)c4)C(=O)C3C3c4ccccc4C=CN23)cc1. The van der Waals surface area contributed by atoms with Gasteiger partial charge < -0.3 is 9.64 Å². The van der Waals surface area contributed by atoms with E-state index in [0.29, 0.717) is 27.0 Å². The molecule has 8 heteroatoms. The molecule has 36 heavy (non-hydrogen) atoms. The lowest BCUT2D eigenvalue weighted by atomic mass is 9.83. The summed E-state index contributed by atoms with van der Waals surface area (Å²) in [6, 6.07) is 17.8. The number of imide groups is 1. The van der Waals surface area contributed by atoms with Crippen LogP contribution in [0.25, 0.3) is 6.08 Å². The predicted molar refractivity (Wildman–Crippen MR) is 137 cm³/mol. The van der Waals surface area contributed by atoms with Crippen molar-refractivity contribution in [1.29, 1.82) is 0 Å². The molecule has 2 saturated heterocycles. The first-order valence-electron chi connectivity index (χ1n) is 11.5. The van der Waals surface area contributed by atoms with Gasteiger partial charge >= 0.3 is 0 Å². The molecule has 180 valence electrons. The number of hydrogen-bond donors (Lipinski definition) is 0. The Hall–Kier alpha value is -3.61. The third-order valence-electron chi connectivity index (χ3n) is 7.21. The van der Waals surface area contributed by atoms with E-state index in [2.05, 4.69) is 0 Å². The number of ether oxygens (including phenoxy) is 1. The maximum atomic E-state index is 13.9. The van der Waals surface area contributed by atoms with Crippen molar-refractivity contribution < 1.29 is 19.1 Å². The van der Waals surface area contributed by atoms with Crippen molar-refractivity contribution in [2.45, 2.75) is 12.1 Å². The van der Waals surface area contributed by atoms with Gasteiger partial charge in [-0.3, -0.25) is 14.4 Å². The molecule has 0 radical (unpaired) electrons. The molecule has 3 aliphatic rings. The minimum Gasteiger partial charge on any atom is -0.497 e. The monoisotopic (exact) mass is 518 g/mol. The second-order valence-corrected chi connectivity index (χ2v) is 9.94. The third-order valence-corrected chi connectivity index (χ3v) is 7.65. The second kappa shape index (κ2) is 8.50. The quantitative estimate of drug-likeness (QED) is 0.341. The summed E-state index contributed by atoms with van der Waals surface area (Å²) in [5, 5.41) is 0.627. The molecule has 3 aromatic carbocycles. The molecule has 4 unspecified atom stereocenters. The van der Waals surface area contributed by atoms with Crippen molar-refractivity contribution >= 4 is 52.6 Å². The second-order valence-electron chi connectivity index (χ2n) is 9.07. The smallest absolute Gasteiger partial charge is 0.240 e. The van der Waals surface area contributed by atoms with Crippen LogP contribution in [0, 0.1) is 11.8 Å². The summed E-state index contributed by atoms with van der Waals surface area (Å²) in [5.74, 6) is -2.02. The molecule has 0 bridgehead atoms. The number of carbonyl (C=O) groups excluding carboxylic acids is 3. The average Bonchev–Trinajstić information content (AvgIpc) is 3.35. The molecular weight excluding hydrogens is 499 g/mol. The maximum absolute atomic E-state index is 13.9. The normalized spacial score (nSPS) is 24.0. The minimum absolute atomic E-state index is 0.230.